The minimum atomic E-state index is -0.670. The van der Waals surface area contributed by atoms with Crippen molar-refractivity contribution in [2.45, 2.75) is 57.1 Å². The van der Waals surface area contributed by atoms with Crippen molar-refractivity contribution in [3.05, 3.63) is 0 Å². The average molecular weight is 228 g/mol. The Morgan fingerprint density at radius 2 is 2.06 bits per heavy atom. The summed E-state index contributed by atoms with van der Waals surface area (Å²) in [6.45, 7) is 2.43. The molecular weight excluding hydrogens is 204 g/mol. The maximum absolute atomic E-state index is 11.9. The van der Waals surface area contributed by atoms with Crippen molar-refractivity contribution in [2.75, 3.05) is 13.6 Å². The molecule has 1 aliphatic carbocycles. The van der Waals surface area contributed by atoms with E-state index < -0.39 is 11.6 Å². The van der Waals surface area contributed by atoms with Gasteiger partial charge in [0.2, 0.25) is 5.91 Å². The van der Waals surface area contributed by atoms with E-state index in [0.717, 1.165) is 32.1 Å². The molecular formula is C12H24N2O2. The predicted octanol–water partition coefficient (Wildman–Crippen LogP) is 0.877. The van der Waals surface area contributed by atoms with Gasteiger partial charge in [-0.15, -0.1) is 0 Å². The average Bonchev–Trinajstić information content (AvgIpc) is 2.64. The topological polar surface area (TPSA) is 66.6 Å². The highest BCUT2D eigenvalue weighted by Crippen LogP contribution is 2.29. The van der Waals surface area contributed by atoms with E-state index in [1.807, 2.05) is 6.92 Å². The number of carbonyl (C=O) groups is 1. The molecule has 4 nitrogen and oxygen atoms in total. The summed E-state index contributed by atoms with van der Waals surface area (Å²) in [6, 6.07) is -0.417. The molecule has 0 aromatic rings. The first kappa shape index (κ1) is 13.5. The minimum absolute atomic E-state index is 0.0535. The number of hydrogen-bond acceptors (Lipinski definition) is 3. The fraction of sp³-hybridized carbons (Fsp3) is 0.917. The van der Waals surface area contributed by atoms with Gasteiger partial charge in [0.15, 0.2) is 0 Å². The molecule has 0 spiro atoms. The van der Waals surface area contributed by atoms with Gasteiger partial charge in [-0.05, 0) is 19.3 Å². The lowest BCUT2D eigenvalue weighted by Crippen LogP contribution is -2.48. The maximum atomic E-state index is 11.9. The van der Waals surface area contributed by atoms with Gasteiger partial charge in [0.1, 0.15) is 0 Å². The summed E-state index contributed by atoms with van der Waals surface area (Å²) < 4.78 is 0. The van der Waals surface area contributed by atoms with Gasteiger partial charge >= 0.3 is 0 Å². The van der Waals surface area contributed by atoms with Crippen LogP contribution in [-0.4, -0.2) is 41.1 Å². The number of aliphatic hydroxyl groups is 1. The summed E-state index contributed by atoms with van der Waals surface area (Å²) in [5.74, 6) is -0.0535. The second-order valence-electron chi connectivity index (χ2n) is 5.02. The molecule has 0 aliphatic heterocycles. The SMILES string of the molecule is CCC[C@@H](N)C(=O)N(C)CC1(O)CCCC1. The van der Waals surface area contributed by atoms with Crippen LogP contribution < -0.4 is 5.73 Å². The Kier molecular flexibility index (Phi) is 4.74. The van der Waals surface area contributed by atoms with E-state index in [4.69, 9.17) is 5.73 Å². The van der Waals surface area contributed by atoms with Crippen LogP contribution in [-0.2, 0) is 4.79 Å². The number of nitrogens with zero attached hydrogens (tertiary/aromatic N) is 1. The molecule has 0 unspecified atom stereocenters. The van der Waals surface area contributed by atoms with Crippen molar-refractivity contribution >= 4 is 5.91 Å². The normalized spacial score (nSPS) is 20.8. The van der Waals surface area contributed by atoms with Crippen LogP contribution in [0.4, 0.5) is 0 Å². The van der Waals surface area contributed by atoms with Gasteiger partial charge in [-0.3, -0.25) is 4.79 Å². The fourth-order valence-corrected chi connectivity index (χ4v) is 2.43. The molecule has 1 amide bonds. The summed E-state index contributed by atoms with van der Waals surface area (Å²) in [5.41, 5.74) is 5.10. The first-order valence-corrected chi connectivity index (χ1v) is 6.21. The zero-order chi connectivity index (χ0) is 12.2. The van der Waals surface area contributed by atoms with Crippen molar-refractivity contribution in [3.63, 3.8) is 0 Å². The molecule has 0 radical (unpaired) electrons. The van der Waals surface area contributed by atoms with Crippen LogP contribution >= 0.6 is 0 Å². The first-order chi connectivity index (χ1) is 7.48. The molecule has 1 fully saturated rings. The number of rotatable bonds is 5. The van der Waals surface area contributed by atoms with Gasteiger partial charge in [-0.25, -0.2) is 0 Å². The molecule has 0 saturated heterocycles. The smallest absolute Gasteiger partial charge is 0.239 e. The summed E-state index contributed by atoms with van der Waals surface area (Å²) in [7, 11) is 1.73. The van der Waals surface area contributed by atoms with Gasteiger partial charge < -0.3 is 15.7 Å². The Bertz CT molecular complexity index is 237. The highest BCUT2D eigenvalue weighted by Gasteiger charge is 2.34. The molecule has 3 N–H and O–H groups in total. The third-order valence-corrected chi connectivity index (χ3v) is 3.36. The Labute approximate surface area is 97.8 Å². The van der Waals surface area contributed by atoms with Crippen molar-refractivity contribution in [1.82, 2.24) is 4.90 Å². The Morgan fingerprint density at radius 1 is 1.50 bits per heavy atom. The second kappa shape index (κ2) is 5.64. The van der Waals surface area contributed by atoms with Gasteiger partial charge in [-0.1, -0.05) is 26.2 Å². The lowest BCUT2D eigenvalue weighted by atomic mass is 10.0. The standard InChI is InChI=1S/C12H24N2O2/c1-3-6-10(13)11(15)14(2)9-12(16)7-4-5-8-12/h10,16H,3-9,13H2,1-2H3/t10-/m1/s1. The molecule has 1 aliphatic rings. The molecule has 4 heteroatoms. The van der Waals surface area contributed by atoms with Crippen molar-refractivity contribution in [1.29, 1.82) is 0 Å². The van der Waals surface area contributed by atoms with Gasteiger partial charge in [0, 0.05) is 13.6 Å². The number of likely N-dealkylation sites (N-methyl/N-ethyl adjacent to an activating group) is 1. The molecule has 16 heavy (non-hydrogen) atoms. The van der Waals surface area contributed by atoms with Crippen LogP contribution in [0.15, 0.2) is 0 Å². The predicted molar refractivity (Wildman–Crippen MR) is 63.9 cm³/mol. The molecule has 0 aromatic heterocycles. The van der Waals surface area contributed by atoms with E-state index in [1.54, 1.807) is 11.9 Å². The van der Waals surface area contributed by atoms with E-state index in [2.05, 4.69) is 0 Å². The van der Waals surface area contributed by atoms with E-state index in [0.29, 0.717) is 13.0 Å². The highest BCUT2D eigenvalue weighted by molar-refractivity contribution is 5.81. The molecule has 1 atom stereocenters. The van der Waals surface area contributed by atoms with Crippen LogP contribution in [0, 0.1) is 0 Å². The quantitative estimate of drug-likeness (QED) is 0.734. The largest absolute Gasteiger partial charge is 0.388 e. The molecule has 94 valence electrons. The number of hydrogen-bond donors (Lipinski definition) is 2. The Hall–Kier alpha value is -0.610. The Balaban J connectivity index is 2.44. The summed E-state index contributed by atoms with van der Waals surface area (Å²) in [5, 5.41) is 10.2. The summed E-state index contributed by atoms with van der Waals surface area (Å²) in [4.78, 5) is 13.4. The third-order valence-electron chi connectivity index (χ3n) is 3.36. The maximum Gasteiger partial charge on any atom is 0.239 e. The van der Waals surface area contributed by atoms with Crippen LogP contribution in [0.25, 0.3) is 0 Å². The third kappa shape index (κ3) is 3.46. The lowest BCUT2D eigenvalue weighted by Gasteiger charge is -2.30. The minimum Gasteiger partial charge on any atom is -0.388 e. The second-order valence-corrected chi connectivity index (χ2v) is 5.02. The van der Waals surface area contributed by atoms with Crippen LogP contribution in [0.3, 0.4) is 0 Å². The number of carbonyl (C=O) groups excluding carboxylic acids is 1. The van der Waals surface area contributed by atoms with Crippen LogP contribution in [0.1, 0.15) is 45.4 Å². The summed E-state index contributed by atoms with van der Waals surface area (Å²) >= 11 is 0. The van der Waals surface area contributed by atoms with E-state index in [9.17, 15) is 9.90 Å². The Morgan fingerprint density at radius 3 is 2.56 bits per heavy atom. The number of nitrogens with two attached hydrogens (primary N) is 1. The lowest BCUT2D eigenvalue weighted by molar-refractivity contribution is -0.134. The molecule has 0 aromatic carbocycles. The highest BCUT2D eigenvalue weighted by atomic mass is 16.3. The summed E-state index contributed by atoms with van der Waals surface area (Å²) in [6.07, 6.45) is 5.33. The molecule has 1 saturated carbocycles. The van der Waals surface area contributed by atoms with Crippen LogP contribution in [0.2, 0.25) is 0 Å². The van der Waals surface area contributed by atoms with Crippen molar-refractivity contribution < 1.29 is 9.90 Å². The van der Waals surface area contributed by atoms with Gasteiger partial charge in [0.25, 0.3) is 0 Å². The molecule has 0 heterocycles. The van der Waals surface area contributed by atoms with Gasteiger partial charge in [0.05, 0.1) is 11.6 Å². The van der Waals surface area contributed by atoms with Crippen molar-refractivity contribution in [3.8, 4) is 0 Å². The fourth-order valence-electron chi connectivity index (χ4n) is 2.43. The van der Waals surface area contributed by atoms with E-state index in [1.165, 1.54) is 0 Å². The van der Waals surface area contributed by atoms with E-state index >= 15 is 0 Å². The number of amides is 1. The van der Waals surface area contributed by atoms with E-state index in [-0.39, 0.29) is 5.91 Å². The van der Waals surface area contributed by atoms with Crippen LogP contribution in [0.5, 0.6) is 0 Å². The van der Waals surface area contributed by atoms with Gasteiger partial charge in [-0.2, -0.15) is 0 Å². The monoisotopic (exact) mass is 228 g/mol. The molecule has 0 bridgehead atoms. The zero-order valence-corrected chi connectivity index (χ0v) is 10.4. The zero-order valence-electron chi connectivity index (χ0n) is 10.4. The molecule has 1 rings (SSSR count). The van der Waals surface area contributed by atoms with Crippen molar-refractivity contribution in [2.24, 2.45) is 5.73 Å². The first-order valence-electron chi connectivity index (χ1n) is 6.21.